The van der Waals surface area contributed by atoms with E-state index in [1.165, 1.54) is 4.90 Å². The van der Waals surface area contributed by atoms with Gasteiger partial charge >= 0.3 is 0 Å². The molecule has 1 amide bonds. The van der Waals surface area contributed by atoms with Crippen molar-refractivity contribution in [3.63, 3.8) is 0 Å². The third-order valence-corrected chi connectivity index (χ3v) is 4.57. The molecule has 0 saturated heterocycles. The largest absolute Gasteiger partial charge is 0.497 e. The summed E-state index contributed by atoms with van der Waals surface area (Å²) in [4.78, 5) is 14.5. The number of rotatable bonds is 6. The van der Waals surface area contributed by atoms with Crippen LogP contribution in [0.25, 0.3) is 0 Å². The number of amides is 1. The minimum Gasteiger partial charge on any atom is -0.497 e. The molecule has 0 N–H and O–H groups in total. The second-order valence-corrected chi connectivity index (χ2v) is 6.60. The Hall–Kier alpha value is -3.78. The molecule has 0 heterocycles. The molecule has 0 bridgehead atoms. The Morgan fingerprint density at radius 3 is 2.24 bits per heavy atom. The number of hydrogen-bond acceptors (Lipinski definition) is 4. The van der Waals surface area contributed by atoms with Gasteiger partial charge in [-0.1, -0.05) is 24.3 Å². The minimum absolute atomic E-state index is 0.0624. The molecule has 0 spiro atoms. The highest BCUT2D eigenvalue weighted by molar-refractivity contribution is 6.06. The second-order valence-electron chi connectivity index (χ2n) is 6.60. The molecule has 5 heteroatoms. The number of carbonyl (C=O) groups is 1. The van der Waals surface area contributed by atoms with E-state index >= 15 is 0 Å². The van der Waals surface area contributed by atoms with Gasteiger partial charge in [0.1, 0.15) is 23.8 Å². The number of nitriles is 1. The predicted octanol–water partition coefficient (Wildman–Crippen LogP) is 5.27. The number of anilines is 1. The fourth-order valence-electron chi connectivity index (χ4n) is 3.04. The lowest BCUT2D eigenvalue weighted by atomic mass is 10.1. The van der Waals surface area contributed by atoms with Crippen LogP contribution in [0.4, 0.5) is 5.69 Å². The number of ether oxygens (including phenoxy) is 2. The molecule has 0 radical (unpaired) electrons. The first-order chi connectivity index (χ1) is 14.0. The Kier molecular flexibility index (Phi) is 6.16. The highest BCUT2D eigenvalue weighted by atomic mass is 16.5. The van der Waals surface area contributed by atoms with Crippen molar-refractivity contribution in [3.05, 3.63) is 83.4 Å². The van der Waals surface area contributed by atoms with E-state index in [1.807, 2.05) is 38.1 Å². The average Bonchev–Trinajstić information content (AvgIpc) is 2.74. The van der Waals surface area contributed by atoms with Crippen LogP contribution in [0, 0.1) is 25.2 Å². The molecular weight excluding hydrogens is 364 g/mol. The third-order valence-electron chi connectivity index (χ3n) is 4.57. The number of aryl methyl sites for hydroxylation is 2. The first-order valence-electron chi connectivity index (χ1n) is 9.20. The van der Waals surface area contributed by atoms with Crippen LogP contribution in [0.15, 0.2) is 66.7 Å². The van der Waals surface area contributed by atoms with Crippen molar-refractivity contribution in [1.82, 2.24) is 0 Å². The van der Waals surface area contributed by atoms with Crippen LogP contribution in [-0.2, 0) is 0 Å². The summed E-state index contributed by atoms with van der Waals surface area (Å²) < 4.78 is 11.2. The Balaban J connectivity index is 1.89. The predicted molar refractivity (Wildman–Crippen MR) is 113 cm³/mol. The lowest BCUT2D eigenvalue weighted by molar-refractivity contribution is 0.0989. The molecule has 0 aliphatic rings. The molecule has 0 aliphatic heterocycles. The van der Waals surface area contributed by atoms with E-state index in [4.69, 9.17) is 9.47 Å². The molecule has 146 valence electrons. The number of hydrogen-bond donors (Lipinski definition) is 0. The normalized spacial score (nSPS) is 10.1. The Morgan fingerprint density at radius 2 is 1.62 bits per heavy atom. The van der Waals surface area contributed by atoms with E-state index in [9.17, 15) is 10.1 Å². The van der Waals surface area contributed by atoms with Crippen LogP contribution < -0.4 is 14.4 Å². The molecule has 0 unspecified atom stereocenters. The molecule has 0 aromatic heterocycles. The van der Waals surface area contributed by atoms with E-state index in [0.29, 0.717) is 22.7 Å². The van der Waals surface area contributed by atoms with Gasteiger partial charge in [-0.2, -0.15) is 5.26 Å². The second kappa shape index (κ2) is 8.94. The lowest BCUT2D eigenvalue weighted by Crippen LogP contribution is -2.31. The number of benzene rings is 3. The highest BCUT2D eigenvalue weighted by Crippen LogP contribution is 2.29. The van der Waals surface area contributed by atoms with Crippen LogP contribution in [0.5, 0.6) is 17.2 Å². The summed E-state index contributed by atoms with van der Waals surface area (Å²) in [5, 5.41) is 9.21. The maximum Gasteiger partial charge on any atom is 0.259 e. The van der Waals surface area contributed by atoms with E-state index in [0.717, 1.165) is 16.9 Å². The summed E-state index contributed by atoms with van der Waals surface area (Å²) in [6.07, 6.45) is 0. The Morgan fingerprint density at radius 1 is 0.966 bits per heavy atom. The third kappa shape index (κ3) is 4.56. The molecular formula is C24H22N2O3. The number of carbonyl (C=O) groups excluding carboxylic acids is 1. The van der Waals surface area contributed by atoms with Gasteiger partial charge in [0.05, 0.1) is 13.2 Å². The summed E-state index contributed by atoms with van der Waals surface area (Å²) in [5.74, 6) is 1.76. The Bertz CT molecular complexity index is 1030. The molecule has 0 saturated carbocycles. The fraction of sp³-hybridized carbons (Fsp3) is 0.167. The van der Waals surface area contributed by atoms with Gasteiger partial charge in [-0.25, -0.2) is 0 Å². The van der Waals surface area contributed by atoms with Crippen LogP contribution in [0.2, 0.25) is 0 Å². The number of nitrogens with zero attached hydrogens (tertiary/aromatic N) is 2. The zero-order valence-corrected chi connectivity index (χ0v) is 16.7. The van der Waals surface area contributed by atoms with Crippen molar-refractivity contribution < 1.29 is 14.3 Å². The van der Waals surface area contributed by atoms with Gasteiger partial charge < -0.3 is 9.47 Å². The maximum atomic E-state index is 13.1. The van der Waals surface area contributed by atoms with Crippen molar-refractivity contribution >= 4 is 11.6 Å². The Labute approximate surface area is 170 Å². The summed E-state index contributed by atoms with van der Waals surface area (Å²) in [6.45, 7) is 3.90. The molecule has 0 fully saturated rings. The molecule has 3 rings (SSSR count). The first-order valence-corrected chi connectivity index (χ1v) is 9.20. The molecule has 5 nitrogen and oxygen atoms in total. The number of methoxy groups -OCH3 is 1. The van der Waals surface area contributed by atoms with Crippen LogP contribution in [0.1, 0.15) is 21.5 Å². The van der Waals surface area contributed by atoms with Gasteiger partial charge in [-0.3, -0.25) is 9.69 Å². The molecule has 0 atom stereocenters. The van der Waals surface area contributed by atoms with E-state index in [1.54, 1.807) is 49.6 Å². The quantitative estimate of drug-likeness (QED) is 0.541. The fourth-order valence-corrected chi connectivity index (χ4v) is 3.04. The standard InChI is InChI=1S/C24H22N2O3/c1-17-6-4-7-18(2)23(17)29-22-9-5-8-19(16-22)24(27)26(15-14-25)20-10-12-21(28-3)13-11-20/h4-13,16H,15H2,1-3H3. The van der Waals surface area contributed by atoms with Crippen molar-refractivity contribution in [2.45, 2.75) is 13.8 Å². The topological polar surface area (TPSA) is 62.6 Å². The lowest BCUT2D eigenvalue weighted by Gasteiger charge is -2.20. The van der Waals surface area contributed by atoms with Crippen LogP contribution in [0.3, 0.4) is 0 Å². The van der Waals surface area contributed by atoms with Gasteiger partial charge in [-0.05, 0) is 67.4 Å². The molecule has 3 aromatic rings. The van der Waals surface area contributed by atoms with E-state index in [2.05, 4.69) is 6.07 Å². The van der Waals surface area contributed by atoms with Crippen LogP contribution >= 0.6 is 0 Å². The minimum atomic E-state index is -0.274. The smallest absolute Gasteiger partial charge is 0.259 e. The summed E-state index contributed by atoms with van der Waals surface area (Å²) in [7, 11) is 1.58. The zero-order valence-electron chi connectivity index (χ0n) is 16.7. The summed E-state index contributed by atoms with van der Waals surface area (Å²) in [5.41, 5.74) is 3.11. The van der Waals surface area contributed by atoms with Gasteiger partial charge in [0.2, 0.25) is 0 Å². The maximum absolute atomic E-state index is 13.1. The summed E-state index contributed by atoms with van der Waals surface area (Å²) >= 11 is 0. The van der Waals surface area contributed by atoms with Gasteiger partial charge in [0.15, 0.2) is 0 Å². The summed E-state index contributed by atoms with van der Waals surface area (Å²) in [6, 6.07) is 22.0. The van der Waals surface area contributed by atoms with Gasteiger partial charge in [0, 0.05) is 11.3 Å². The average molecular weight is 386 g/mol. The van der Waals surface area contributed by atoms with E-state index < -0.39 is 0 Å². The molecule has 0 aliphatic carbocycles. The first kappa shape index (κ1) is 20.0. The van der Waals surface area contributed by atoms with Crippen molar-refractivity contribution in [2.24, 2.45) is 0 Å². The van der Waals surface area contributed by atoms with E-state index in [-0.39, 0.29) is 12.5 Å². The zero-order chi connectivity index (χ0) is 20.8. The van der Waals surface area contributed by atoms with Crippen molar-refractivity contribution in [2.75, 3.05) is 18.6 Å². The highest BCUT2D eigenvalue weighted by Gasteiger charge is 2.18. The SMILES string of the molecule is COc1ccc(N(CC#N)C(=O)c2cccc(Oc3c(C)cccc3C)c2)cc1. The van der Waals surface area contributed by atoms with Gasteiger partial charge in [0.25, 0.3) is 5.91 Å². The van der Waals surface area contributed by atoms with Crippen molar-refractivity contribution in [3.8, 4) is 23.3 Å². The van der Waals surface area contributed by atoms with Gasteiger partial charge in [-0.15, -0.1) is 0 Å². The van der Waals surface area contributed by atoms with Crippen molar-refractivity contribution in [1.29, 1.82) is 5.26 Å². The van der Waals surface area contributed by atoms with Crippen LogP contribution in [-0.4, -0.2) is 19.6 Å². The number of para-hydroxylation sites is 1. The molecule has 29 heavy (non-hydrogen) atoms. The molecule has 3 aromatic carbocycles. The monoisotopic (exact) mass is 386 g/mol.